The van der Waals surface area contributed by atoms with Crippen LogP contribution >= 0.6 is 11.6 Å². The Bertz CT molecular complexity index is 943. The van der Waals surface area contributed by atoms with Crippen molar-refractivity contribution >= 4 is 29.2 Å². The van der Waals surface area contributed by atoms with Crippen LogP contribution in [-0.2, 0) is 6.61 Å². The molecule has 0 unspecified atom stereocenters. The van der Waals surface area contributed by atoms with E-state index < -0.39 is 11.9 Å². The quantitative estimate of drug-likeness (QED) is 0.507. The van der Waals surface area contributed by atoms with Crippen LogP contribution in [0, 0.1) is 5.41 Å². The lowest BCUT2D eigenvalue weighted by molar-refractivity contribution is 0.100. The largest absolute Gasteiger partial charge is 0.489 e. The predicted octanol–water partition coefficient (Wildman–Crippen LogP) is 4.46. The normalized spacial score (nSPS) is 10.3. The van der Waals surface area contributed by atoms with E-state index in [2.05, 4.69) is 0 Å². The minimum atomic E-state index is -0.467. The molecule has 0 atom stereocenters. The molecule has 3 aromatic carbocycles. The molecule has 3 N–H and O–H groups in total. The summed E-state index contributed by atoms with van der Waals surface area (Å²) in [6.07, 6.45) is 0. The Kier molecular flexibility index (Phi) is 5.74. The summed E-state index contributed by atoms with van der Waals surface area (Å²) in [6, 6.07) is 23.3. The van der Waals surface area contributed by atoms with Crippen LogP contribution in [0.1, 0.15) is 15.9 Å². The van der Waals surface area contributed by atoms with Gasteiger partial charge in [0.2, 0.25) is 0 Å². The maximum atomic E-state index is 12.8. The van der Waals surface area contributed by atoms with Gasteiger partial charge in [-0.3, -0.25) is 10.2 Å². The number of hydrogen-bond donors (Lipinski definition) is 2. The maximum Gasteiger partial charge on any atom is 0.266 e. The number of halogens is 1. The number of guanidine groups is 1. The van der Waals surface area contributed by atoms with E-state index in [1.807, 2.05) is 30.3 Å². The van der Waals surface area contributed by atoms with Gasteiger partial charge in [-0.15, -0.1) is 0 Å². The van der Waals surface area contributed by atoms with Crippen LogP contribution in [0.15, 0.2) is 78.9 Å². The third-order valence-electron chi connectivity index (χ3n) is 3.89. The summed E-state index contributed by atoms with van der Waals surface area (Å²) in [6.45, 7) is 0.440. The number of carbonyl (C=O) groups is 1. The number of nitrogens with two attached hydrogens (primary N) is 1. The maximum absolute atomic E-state index is 12.8. The van der Waals surface area contributed by atoms with Crippen molar-refractivity contribution in [1.82, 2.24) is 0 Å². The van der Waals surface area contributed by atoms with Crippen molar-refractivity contribution in [3.8, 4) is 5.75 Å². The van der Waals surface area contributed by atoms with Gasteiger partial charge < -0.3 is 10.5 Å². The number of amides is 1. The van der Waals surface area contributed by atoms with E-state index in [0.717, 1.165) is 10.5 Å². The van der Waals surface area contributed by atoms with Crippen LogP contribution in [0.4, 0.5) is 5.69 Å². The second-order valence-corrected chi connectivity index (χ2v) is 6.18. The zero-order chi connectivity index (χ0) is 19.2. The van der Waals surface area contributed by atoms with Crippen molar-refractivity contribution in [3.05, 3.63) is 95.0 Å². The first-order chi connectivity index (χ1) is 13.1. The number of hydrogen-bond acceptors (Lipinski definition) is 3. The summed E-state index contributed by atoms with van der Waals surface area (Å²) in [5.41, 5.74) is 7.43. The molecule has 0 fully saturated rings. The standard InChI is InChI=1S/C21H18ClN3O2/c22-19-9-5-4-8-18(19)20(26)25(21(23)24)16-10-12-17(13-11-16)27-14-15-6-2-1-3-7-15/h1-13H,14H2,(H3,23,24). The molecule has 1 amide bonds. The molecular weight excluding hydrogens is 362 g/mol. The third kappa shape index (κ3) is 4.46. The van der Waals surface area contributed by atoms with Crippen LogP contribution in [0.3, 0.4) is 0 Å². The average Bonchev–Trinajstić information content (AvgIpc) is 2.68. The van der Waals surface area contributed by atoms with Crippen LogP contribution in [0.25, 0.3) is 0 Å². The lowest BCUT2D eigenvalue weighted by Crippen LogP contribution is -2.41. The minimum absolute atomic E-state index is 0.277. The molecule has 0 saturated carbocycles. The number of nitrogens with one attached hydrogen (secondary N) is 1. The Morgan fingerprint density at radius 3 is 2.22 bits per heavy atom. The summed E-state index contributed by atoms with van der Waals surface area (Å²) in [4.78, 5) is 13.9. The highest BCUT2D eigenvalue weighted by molar-refractivity contribution is 6.35. The third-order valence-corrected chi connectivity index (χ3v) is 4.22. The lowest BCUT2D eigenvalue weighted by atomic mass is 10.2. The van der Waals surface area contributed by atoms with Crippen LogP contribution in [0.2, 0.25) is 5.02 Å². The van der Waals surface area contributed by atoms with Gasteiger partial charge >= 0.3 is 0 Å². The van der Waals surface area contributed by atoms with Gasteiger partial charge in [0.1, 0.15) is 12.4 Å². The average molecular weight is 380 g/mol. The Hall–Kier alpha value is -3.31. The number of nitrogens with zero attached hydrogens (tertiary/aromatic N) is 1. The van der Waals surface area contributed by atoms with E-state index in [9.17, 15) is 4.79 Å². The molecule has 27 heavy (non-hydrogen) atoms. The second-order valence-electron chi connectivity index (χ2n) is 5.77. The molecule has 0 aliphatic carbocycles. The van der Waals surface area contributed by atoms with E-state index >= 15 is 0 Å². The predicted molar refractivity (Wildman–Crippen MR) is 107 cm³/mol. The fourth-order valence-electron chi connectivity index (χ4n) is 2.55. The summed E-state index contributed by atoms with van der Waals surface area (Å²) in [5.74, 6) is -0.208. The van der Waals surface area contributed by atoms with Crippen LogP contribution < -0.4 is 15.4 Å². The molecule has 3 rings (SSSR count). The summed E-state index contributed by atoms with van der Waals surface area (Å²) < 4.78 is 5.74. The first-order valence-corrected chi connectivity index (χ1v) is 8.64. The molecule has 0 aliphatic rings. The molecule has 6 heteroatoms. The molecule has 0 spiro atoms. The van der Waals surface area contributed by atoms with Crippen molar-refractivity contribution in [3.63, 3.8) is 0 Å². The molecule has 5 nitrogen and oxygen atoms in total. The lowest BCUT2D eigenvalue weighted by Gasteiger charge is -2.21. The van der Waals surface area contributed by atoms with Gasteiger partial charge in [-0.2, -0.15) is 0 Å². The van der Waals surface area contributed by atoms with Gasteiger partial charge in [0.25, 0.3) is 5.91 Å². The molecular formula is C21H18ClN3O2. The molecule has 0 aromatic heterocycles. The Balaban J connectivity index is 1.77. The molecule has 0 aliphatic heterocycles. The highest BCUT2D eigenvalue weighted by Crippen LogP contribution is 2.24. The van der Waals surface area contributed by atoms with E-state index in [-0.39, 0.29) is 5.56 Å². The van der Waals surface area contributed by atoms with E-state index in [1.54, 1.807) is 48.5 Å². The van der Waals surface area contributed by atoms with Gasteiger partial charge in [-0.05, 0) is 42.0 Å². The van der Waals surface area contributed by atoms with Gasteiger partial charge in [0.15, 0.2) is 5.96 Å². The van der Waals surface area contributed by atoms with Crippen LogP contribution in [-0.4, -0.2) is 11.9 Å². The fourth-order valence-corrected chi connectivity index (χ4v) is 2.77. The van der Waals surface area contributed by atoms with E-state index in [1.165, 1.54) is 0 Å². The highest BCUT2D eigenvalue weighted by Gasteiger charge is 2.22. The molecule has 0 bridgehead atoms. The van der Waals surface area contributed by atoms with Crippen molar-refractivity contribution in [1.29, 1.82) is 5.41 Å². The Labute approximate surface area is 162 Å². The van der Waals surface area contributed by atoms with Crippen molar-refractivity contribution < 1.29 is 9.53 Å². The number of rotatable bonds is 5. The molecule has 0 radical (unpaired) electrons. The fraction of sp³-hybridized carbons (Fsp3) is 0.0476. The van der Waals surface area contributed by atoms with E-state index in [0.29, 0.717) is 23.1 Å². The summed E-state index contributed by atoms with van der Waals surface area (Å²) >= 11 is 6.10. The highest BCUT2D eigenvalue weighted by atomic mass is 35.5. The first-order valence-electron chi connectivity index (χ1n) is 8.26. The van der Waals surface area contributed by atoms with Gasteiger partial charge in [-0.1, -0.05) is 54.1 Å². The number of benzene rings is 3. The van der Waals surface area contributed by atoms with Gasteiger partial charge in [-0.25, -0.2) is 4.90 Å². The monoisotopic (exact) mass is 379 g/mol. The smallest absolute Gasteiger partial charge is 0.266 e. The number of anilines is 1. The SMILES string of the molecule is N=C(N)N(C(=O)c1ccccc1Cl)c1ccc(OCc2ccccc2)cc1. The zero-order valence-corrected chi connectivity index (χ0v) is 15.2. The van der Waals surface area contributed by atoms with Crippen molar-refractivity contribution in [2.24, 2.45) is 5.73 Å². The zero-order valence-electron chi connectivity index (χ0n) is 14.4. The topological polar surface area (TPSA) is 79.4 Å². The van der Waals surface area contributed by atoms with Crippen molar-refractivity contribution in [2.75, 3.05) is 4.90 Å². The molecule has 136 valence electrons. The van der Waals surface area contributed by atoms with Crippen LogP contribution in [0.5, 0.6) is 5.75 Å². The molecule has 0 saturated heterocycles. The molecule has 0 heterocycles. The summed E-state index contributed by atoms with van der Waals surface area (Å²) in [5, 5.41) is 8.10. The number of ether oxygens (including phenoxy) is 1. The Morgan fingerprint density at radius 1 is 0.963 bits per heavy atom. The molecule has 3 aromatic rings. The minimum Gasteiger partial charge on any atom is -0.489 e. The Morgan fingerprint density at radius 2 is 1.59 bits per heavy atom. The van der Waals surface area contributed by atoms with Crippen molar-refractivity contribution in [2.45, 2.75) is 6.61 Å². The first kappa shape index (κ1) is 18.5. The second kappa shape index (κ2) is 8.38. The number of carbonyl (C=O) groups excluding carboxylic acids is 1. The van der Waals surface area contributed by atoms with Gasteiger partial charge in [0.05, 0.1) is 16.3 Å². The summed E-state index contributed by atoms with van der Waals surface area (Å²) in [7, 11) is 0. The van der Waals surface area contributed by atoms with Gasteiger partial charge in [0, 0.05) is 0 Å². The van der Waals surface area contributed by atoms with E-state index in [4.69, 9.17) is 27.5 Å².